The lowest BCUT2D eigenvalue weighted by Crippen LogP contribution is -2.05. The van der Waals surface area contributed by atoms with E-state index in [4.69, 9.17) is 14.7 Å². The number of nitrogens with zero attached hydrogens (tertiary/aromatic N) is 2. The standard InChI is InChI=1S/C31H34N4O2/c1-9-20-16(4)24-12-22-15(3)11-23(32-22)19(7)30-29(31(36)37-8)18(6)26(35-30)14-28-21(10-2)17(5)25(34-28)13-27(20)33-24/h9,12-15,33-34H,1,10-11H2,2-8H3. The molecule has 190 valence electrons. The van der Waals surface area contributed by atoms with Crippen LogP contribution in [0.1, 0.15) is 77.3 Å². The van der Waals surface area contributed by atoms with Gasteiger partial charge < -0.3 is 14.7 Å². The van der Waals surface area contributed by atoms with Crippen molar-refractivity contribution in [3.05, 3.63) is 75.4 Å². The lowest BCUT2D eigenvalue weighted by atomic mass is 9.99. The molecule has 2 aliphatic heterocycles. The van der Waals surface area contributed by atoms with Gasteiger partial charge in [-0.1, -0.05) is 26.5 Å². The molecule has 3 aromatic rings. The lowest BCUT2D eigenvalue weighted by molar-refractivity contribution is -0.133. The molecule has 1 unspecified atom stereocenters. The van der Waals surface area contributed by atoms with E-state index in [1.165, 1.54) is 18.2 Å². The number of hydrogen-bond acceptors (Lipinski definition) is 4. The fraction of sp³-hybridized carbons (Fsp3) is 0.323. The monoisotopic (exact) mass is 494 g/mol. The van der Waals surface area contributed by atoms with Gasteiger partial charge in [-0.3, -0.25) is 4.98 Å². The molecular formula is C31H34N4O2. The first kappa shape index (κ1) is 24.8. The molecule has 0 saturated carbocycles. The number of nitrogens with one attached hydrogen (secondary N) is 2. The minimum atomic E-state index is -0.377. The van der Waals surface area contributed by atoms with Crippen LogP contribution >= 0.6 is 0 Å². The molecule has 6 heteroatoms. The van der Waals surface area contributed by atoms with Gasteiger partial charge in [-0.05, 0) is 86.6 Å². The average molecular weight is 495 g/mol. The van der Waals surface area contributed by atoms with E-state index in [0.717, 1.165) is 74.3 Å². The van der Waals surface area contributed by atoms with Gasteiger partial charge in [-0.2, -0.15) is 0 Å². The van der Waals surface area contributed by atoms with Crippen LogP contribution in [0.2, 0.25) is 0 Å². The minimum Gasteiger partial charge on any atom is -0.465 e. The van der Waals surface area contributed by atoms with Gasteiger partial charge in [-0.25, -0.2) is 9.78 Å². The molecule has 1 atom stereocenters. The smallest absolute Gasteiger partial charge is 0.340 e. The maximum atomic E-state index is 12.9. The highest BCUT2D eigenvalue weighted by Gasteiger charge is 2.28. The highest BCUT2D eigenvalue weighted by molar-refractivity contribution is 6.25. The highest BCUT2D eigenvalue weighted by atomic mass is 16.5. The zero-order chi connectivity index (χ0) is 26.6. The summed E-state index contributed by atoms with van der Waals surface area (Å²) in [5, 5.41) is 0. The number of aryl methyl sites for hydroxylation is 3. The van der Waals surface area contributed by atoms with E-state index < -0.39 is 0 Å². The Morgan fingerprint density at radius 3 is 2.41 bits per heavy atom. The lowest BCUT2D eigenvalue weighted by Gasteiger charge is -2.05. The van der Waals surface area contributed by atoms with Gasteiger partial charge in [0.15, 0.2) is 0 Å². The number of allylic oxidation sites excluding steroid dienone is 1. The van der Waals surface area contributed by atoms with Crippen molar-refractivity contribution in [2.75, 3.05) is 7.11 Å². The fourth-order valence-corrected chi connectivity index (χ4v) is 5.59. The maximum Gasteiger partial charge on any atom is 0.340 e. The van der Waals surface area contributed by atoms with Gasteiger partial charge in [0.05, 0.1) is 24.1 Å². The zero-order valence-corrected chi connectivity index (χ0v) is 22.7. The van der Waals surface area contributed by atoms with Gasteiger partial charge in [0.1, 0.15) is 0 Å². The minimum absolute atomic E-state index is 0.242. The Hall–Kier alpha value is -3.93. The number of carbonyl (C=O) groups excluding carboxylic acids is 1. The summed E-state index contributed by atoms with van der Waals surface area (Å²) in [6, 6.07) is 6.36. The summed E-state index contributed by atoms with van der Waals surface area (Å²) in [6.45, 7) is 16.6. The van der Waals surface area contributed by atoms with E-state index in [1.807, 2.05) is 19.9 Å². The highest BCUT2D eigenvalue weighted by Crippen LogP contribution is 2.36. The molecular weight excluding hydrogens is 460 g/mol. The van der Waals surface area contributed by atoms with Crippen LogP contribution in [0.3, 0.4) is 0 Å². The van der Waals surface area contributed by atoms with Crippen LogP contribution in [0.5, 0.6) is 0 Å². The topological polar surface area (TPSA) is 83.7 Å². The normalized spacial score (nSPS) is 15.3. The van der Waals surface area contributed by atoms with Crippen molar-refractivity contribution in [3.8, 4) is 0 Å². The number of rotatable bonds is 3. The summed E-state index contributed by atoms with van der Waals surface area (Å²) in [5.41, 5.74) is 14.3. The molecule has 0 saturated heterocycles. The maximum absolute atomic E-state index is 12.9. The number of fused-ring (bicyclic) bond motifs is 8. The first-order chi connectivity index (χ1) is 17.7. The third-order valence-electron chi connectivity index (χ3n) is 7.91. The van der Waals surface area contributed by atoms with Crippen molar-refractivity contribution in [2.24, 2.45) is 0 Å². The average Bonchev–Trinajstić information content (AvgIpc) is 3.57. The second kappa shape index (κ2) is 9.18. The van der Waals surface area contributed by atoms with Crippen LogP contribution in [0, 0.1) is 20.8 Å². The Bertz CT molecular complexity index is 1670. The van der Waals surface area contributed by atoms with E-state index in [0.29, 0.717) is 11.3 Å². The van der Waals surface area contributed by atoms with E-state index in [2.05, 4.69) is 62.4 Å². The molecule has 0 aromatic carbocycles. The summed E-state index contributed by atoms with van der Waals surface area (Å²) < 4.78 is 5.18. The van der Waals surface area contributed by atoms with Crippen LogP contribution in [0.4, 0.5) is 0 Å². The first-order valence-electron chi connectivity index (χ1n) is 12.8. The Kier molecular flexibility index (Phi) is 6.14. The number of aromatic amines is 2. The van der Waals surface area contributed by atoms with Crippen LogP contribution in [0.25, 0.3) is 39.3 Å². The molecule has 0 spiro atoms. The van der Waals surface area contributed by atoms with Gasteiger partial charge in [0.2, 0.25) is 0 Å². The molecule has 37 heavy (non-hydrogen) atoms. The van der Waals surface area contributed by atoms with Crippen molar-refractivity contribution < 1.29 is 9.53 Å². The van der Waals surface area contributed by atoms with Gasteiger partial charge in [0, 0.05) is 44.9 Å². The Labute approximate surface area is 217 Å². The van der Waals surface area contributed by atoms with Crippen molar-refractivity contribution in [2.45, 2.75) is 60.3 Å². The molecule has 2 aliphatic rings. The molecule has 0 radical (unpaired) electrons. The van der Waals surface area contributed by atoms with Gasteiger partial charge in [0.25, 0.3) is 0 Å². The molecule has 0 aliphatic carbocycles. The number of carbonyl (C=O) groups is 1. The summed E-state index contributed by atoms with van der Waals surface area (Å²) in [5.74, 6) is -0.135. The molecule has 8 bridgehead atoms. The second-order valence-corrected chi connectivity index (χ2v) is 10.1. The number of H-pyrrole nitrogens is 2. The van der Waals surface area contributed by atoms with E-state index in [1.54, 1.807) is 0 Å². The fourth-order valence-electron chi connectivity index (χ4n) is 5.59. The van der Waals surface area contributed by atoms with E-state index >= 15 is 0 Å². The quantitative estimate of drug-likeness (QED) is 0.388. The summed E-state index contributed by atoms with van der Waals surface area (Å²) in [6.07, 6.45) is 3.57. The van der Waals surface area contributed by atoms with Gasteiger partial charge >= 0.3 is 5.97 Å². The number of ether oxygens (including phenoxy) is 1. The second-order valence-electron chi connectivity index (χ2n) is 10.1. The summed E-state index contributed by atoms with van der Waals surface area (Å²) in [7, 11) is 1.42. The zero-order valence-electron chi connectivity index (χ0n) is 22.7. The predicted molar refractivity (Wildman–Crippen MR) is 151 cm³/mol. The Morgan fingerprint density at radius 1 is 1.03 bits per heavy atom. The predicted octanol–water partition coefficient (Wildman–Crippen LogP) is 6.90. The molecule has 5 heterocycles. The van der Waals surface area contributed by atoms with Crippen LogP contribution in [-0.2, 0) is 22.4 Å². The number of methoxy groups -OCH3 is 1. The van der Waals surface area contributed by atoms with E-state index in [-0.39, 0.29) is 11.9 Å². The van der Waals surface area contributed by atoms with Crippen LogP contribution < -0.4 is 0 Å². The molecule has 2 N–H and O–H groups in total. The number of aromatic nitrogens is 4. The van der Waals surface area contributed by atoms with E-state index in [9.17, 15) is 4.79 Å². The first-order valence-corrected chi connectivity index (χ1v) is 12.8. The summed E-state index contributed by atoms with van der Waals surface area (Å²) in [4.78, 5) is 30.2. The molecule has 6 nitrogen and oxygen atoms in total. The Morgan fingerprint density at radius 2 is 1.73 bits per heavy atom. The number of esters is 1. The Balaban J connectivity index is 2.01. The molecule has 3 aromatic heterocycles. The van der Waals surface area contributed by atoms with Crippen molar-refractivity contribution >= 4 is 45.3 Å². The largest absolute Gasteiger partial charge is 0.465 e. The third-order valence-corrected chi connectivity index (χ3v) is 7.91. The van der Waals surface area contributed by atoms with Crippen molar-refractivity contribution in [1.29, 1.82) is 0 Å². The van der Waals surface area contributed by atoms with Gasteiger partial charge in [-0.15, -0.1) is 0 Å². The molecule has 0 amide bonds. The SMILES string of the molecule is C=Cc1c(C)c2cc3nc(c(C)c4nc(cc5[nH]c(cc1[nH]2)c(C)c5CC)C(C)=C4C(=O)OC)CC3C. The van der Waals surface area contributed by atoms with Crippen LogP contribution in [0.15, 0.2) is 24.8 Å². The summed E-state index contributed by atoms with van der Waals surface area (Å²) >= 11 is 0. The van der Waals surface area contributed by atoms with Crippen LogP contribution in [-0.4, -0.2) is 33.0 Å². The third kappa shape index (κ3) is 3.91. The van der Waals surface area contributed by atoms with Crippen molar-refractivity contribution in [3.63, 3.8) is 0 Å². The number of hydrogen-bond donors (Lipinski definition) is 2. The molecule has 5 rings (SSSR count). The van der Waals surface area contributed by atoms with Crippen molar-refractivity contribution in [1.82, 2.24) is 19.9 Å². The molecule has 0 fully saturated rings.